The van der Waals surface area contributed by atoms with Crippen LogP contribution in [0.3, 0.4) is 0 Å². The number of esters is 1. The van der Waals surface area contributed by atoms with Crippen molar-refractivity contribution in [2.24, 2.45) is 0 Å². The Kier molecular flexibility index (Phi) is 3.78. The summed E-state index contributed by atoms with van der Waals surface area (Å²) in [5.41, 5.74) is 0.133. The number of ether oxygens (including phenoxy) is 1. The zero-order chi connectivity index (χ0) is 17.3. The molecule has 8 nitrogen and oxygen atoms in total. The van der Waals surface area contributed by atoms with Crippen LogP contribution in [0.4, 0.5) is 5.69 Å². The molecule has 3 rings (SSSR count). The van der Waals surface area contributed by atoms with Gasteiger partial charge in [-0.25, -0.2) is 9.78 Å². The average molecular weight is 325 g/mol. The van der Waals surface area contributed by atoms with Gasteiger partial charge >= 0.3 is 5.97 Å². The molecule has 0 spiro atoms. The SMILES string of the molecule is COC(=O)c1cc(C(=O)c2ncc3ccccn23)ccc1[N+](=O)[O-]. The van der Waals surface area contributed by atoms with Crippen LogP contribution in [0, 0.1) is 10.1 Å². The highest BCUT2D eigenvalue weighted by Gasteiger charge is 2.24. The first kappa shape index (κ1) is 15.3. The number of methoxy groups -OCH3 is 1. The molecule has 0 saturated heterocycles. The van der Waals surface area contributed by atoms with Crippen LogP contribution in [0.2, 0.25) is 0 Å². The maximum absolute atomic E-state index is 12.7. The number of nitro benzene ring substituents is 1. The van der Waals surface area contributed by atoms with Gasteiger partial charge in [-0.05, 0) is 24.3 Å². The van der Waals surface area contributed by atoms with Gasteiger partial charge in [-0.15, -0.1) is 0 Å². The second-order valence-corrected chi connectivity index (χ2v) is 4.89. The molecule has 0 amide bonds. The molecule has 0 aliphatic rings. The number of ketones is 1. The van der Waals surface area contributed by atoms with Gasteiger partial charge in [-0.3, -0.25) is 19.3 Å². The van der Waals surface area contributed by atoms with Crippen molar-refractivity contribution in [3.8, 4) is 0 Å². The standard InChI is InChI=1S/C16H11N3O5/c1-24-16(21)12-8-10(5-6-13(12)19(22)23)14(20)15-17-9-11-4-2-3-7-18(11)15/h2-9H,1H3. The number of hydrogen-bond donors (Lipinski definition) is 0. The minimum Gasteiger partial charge on any atom is -0.465 e. The first-order valence-electron chi connectivity index (χ1n) is 6.86. The molecule has 3 aromatic rings. The highest BCUT2D eigenvalue weighted by Crippen LogP contribution is 2.22. The van der Waals surface area contributed by atoms with Gasteiger partial charge in [-0.1, -0.05) is 6.07 Å². The Hall–Kier alpha value is -3.55. The van der Waals surface area contributed by atoms with E-state index in [9.17, 15) is 19.7 Å². The molecule has 120 valence electrons. The van der Waals surface area contributed by atoms with Crippen molar-refractivity contribution in [3.63, 3.8) is 0 Å². The molecule has 0 aliphatic carbocycles. The molecule has 0 fully saturated rings. The fourth-order valence-electron chi connectivity index (χ4n) is 2.35. The summed E-state index contributed by atoms with van der Waals surface area (Å²) >= 11 is 0. The number of aromatic nitrogens is 2. The molecule has 1 aromatic carbocycles. The van der Waals surface area contributed by atoms with Crippen LogP contribution >= 0.6 is 0 Å². The lowest BCUT2D eigenvalue weighted by Crippen LogP contribution is -2.11. The predicted molar refractivity (Wildman–Crippen MR) is 83.1 cm³/mol. The summed E-state index contributed by atoms with van der Waals surface area (Å²) in [5.74, 6) is -1.19. The zero-order valence-electron chi connectivity index (χ0n) is 12.5. The van der Waals surface area contributed by atoms with E-state index in [1.807, 2.05) is 6.07 Å². The molecule has 24 heavy (non-hydrogen) atoms. The number of nitro groups is 1. The van der Waals surface area contributed by atoms with E-state index in [0.717, 1.165) is 24.8 Å². The van der Waals surface area contributed by atoms with E-state index in [4.69, 9.17) is 0 Å². The number of benzene rings is 1. The van der Waals surface area contributed by atoms with Gasteiger partial charge < -0.3 is 4.74 Å². The molecule has 2 aromatic heterocycles. The highest BCUT2D eigenvalue weighted by molar-refractivity contribution is 6.09. The molecular weight excluding hydrogens is 314 g/mol. The summed E-state index contributed by atoms with van der Waals surface area (Å²) in [5, 5.41) is 11.0. The Morgan fingerprint density at radius 1 is 1.25 bits per heavy atom. The number of carbonyl (C=O) groups excluding carboxylic acids is 2. The molecule has 2 heterocycles. The lowest BCUT2D eigenvalue weighted by molar-refractivity contribution is -0.385. The topological polar surface area (TPSA) is 104 Å². The van der Waals surface area contributed by atoms with Gasteiger partial charge in [-0.2, -0.15) is 0 Å². The monoisotopic (exact) mass is 325 g/mol. The fourth-order valence-corrected chi connectivity index (χ4v) is 2.35. The molecule has 0 radical (unpaired) electrons. The Morgan fingerprint density at radius 2 is 2.04 bits per heavy atom. The number of rotatable bonds is 4. The second-order valence-electron chi connectivity index (χ2n) is 4.89. The predicted octanol–water partition coefficient (Wildman–Crippen LogP) is 2.26. The summed E-state index contributed by atoms with van der Waals surface area (Å²) in [6, 6.07) is 8.90. The maximum atomic E-state index is 12.7. The molecule has 0 bridgehead atoms. The molecular formula is C16H11N3O5. The summed E-state index contributed by atoms with van der Waals surface area (Å²) in [7, 11) is 1.11. The van der Waals surface area contributed by atoms with Crippen LogP contribution in [-0.2, 0) is 4.74 Å². The van der Waals surface area contributed by atoms with Crippen LogP contribution in [-0.4, -0.2) is 33.2 Å². The fraction of sp³-hybridized carbons (Fsp3) is 0.0625. The quantitative estimate of drug-likeness (QED) is 0.315. The molecule has 0 atom stereocenters. The number of hydrogen-bond acceptors (Lipinski definition) is 6. The first-order chi connectivity index (χ1) is 11.5. The van der Waals surface area contributed by atoms with E-state index in [0.29, 0.717) is 0 Å². The van der Waals surface area contributed by atoms with E-state index in [1.165, 1.54) is 6.07 Å². The largest absolute Gasteiger partial charge is 0.465 e. The van der Waals surface area contributed by atoms with Gasteiger partial charge in [0.25, 0.3) is 5.69 Å². The third kappa shape index (κ3) is 2.50. The Bertz CT molecular complexity index is 977. The minimum atomic E-state index is -0.885. The smallest absolute Gasteiger partial charge is 0.344 e. The van der Waals surface area contributed by atoms with Gasteiger partial charge in [0.05, 0.1) is 23.7 Å². The van der Waals surface area contributed by atoms with E-state index < -0.39 is 22.4 Å². The first-order valence-corrected chi connectivity index (χ1v) is 6.86. The number of imidazole rings is 1. The summed E-state index contributed by atoms with van der Waals surface area (Å²) in [6.07, 6.45) is 3.22. The highest BCUT2D eigenvalue weighted by atomic mass is 16.6. The number of pyridine rings is 1. The average Bonchev–Trinajstić information content (AvgIpc) is 3.03. The van der Waals surface area contributed by atoms with Crippen LogP contribution in [0.5, 0.6) is 0 Å². The number of carbonyl (C=O) groups is 2. The Labute approximate surface area is 135 Å². The van der Waals surface area contributed by atoms with Crippen molar-refractivity contribution >= 4 is 23.0 Å². The second kappa shape index (κ2) is 5.92. The van der Waals surface area contributed by atoms with Gasteiger partial charge in [0.2, 0.25) is 5.78 Å². The molecule has 0 N–H and O–H groups in total. The molecule has 0 saturated carbocycles. The third-order valence-corrected chi connectivity index (χ3v) is 3.50. The van der Waals surface area contributed by atoms with Crippen LogP contribution in [0.25, 0.3) is 5.52 Å². The van der Waals surface area contributed by atoms with E-state index in [1.54, 1.807) is 28.9 Å². The Balaban J connectivity index is 2.10. The summed E-state index contributed by atoms with van der Waals surface area (Å²) in [4.78, 5) is 38.8. The van der Waals surface area contributed by atoms with Crippen molar-refractivity contribution in [1.29, 1.82) is 0 Å². The van der Waals surface area contributed by atoms with E-state index in [-0.39, 0.29) is 17.0 Å². The molecule has 0 aliphatic heterocycles. The van der Waals surface area contributed by atoms with Crippen LogP contribution in [0.1, 0.15) is 26.5 Å². The third-order valence-electron chi connectivity index (χ3n) is 3.50. The minimum absolute atomic E-state index is 0.109. The summed E-state index contributed by atoms with van der Waals surface area (Å²) in [6.45, 7) is 0. The van der Waals surface area contributed by atoms with E-state index in [2.05, 4.69) is 9.72 Å². The summed E-state index contributed by atoms with van der Waals surface area (Å²) < 4.78 is 6.15. The Morgan fingerprint density at radius 3 is 2.75 bits per heavy atom. The lowest BCUT2D eigenvalue weighted by Gasteiger charge is -2.05. The molecule has 8 heteroatoms. The number of nitrogens with zero attached hydrogens (tertiary/aromatic N) is 3. The van der Waals surface area contributed by atoms with Crippen molar-refractivity contribution < 1.29 is 19.2 Å². The van der Waals surface area contributed by atoms with Crippen molar-refractivity contribution in [2.75, 3.05) is 7.11 Å². The van der Waals surface area contributed by atoms with Crippen molar-refractivity contribution in [3.05, 3.63) is 75.9 Å². The maximum Gasteiger partial charge on any atom is 0.344 e. The van der Waals surface area contributed by atoms with Crippen LogP contribution in [0.15, 0.2) is 48.8 Å². The lowest BCUT2D eigenvalue weighted by atomic mass is 10.0. The van der Waals surface area contributed by atoms with Crippen molar-refractivity contribution in [1.82, 2.24) is 9.38 Å². The van der Waals surface area contributed by atoms with E-state index >= 15 is 0 Å². The zero-order valence-corrected chi connectivity index (χ0v) is 12.5. The van der Waals surface area contributed by atoms with Gasteiger partial charge in [0, 0.05) is 17.8 Å². The van der Waals surface area contributed by atoms with Crippen molar-refractivity contribution in [2.45, 2.75) is 0 Å². The normalized spacial score (nSPS) is 10.5. The van der Waals surface area contributed by atoms with Crippen LogP contribution < -0.4 is 0 Å². The molecule has 0 unspecified atom stereocenters. The van der Waals surface area contributed by atoms with Gasteiger partial charge in [0.1, 0.15) is 5.56 Å². The van der Waals surface area contributed by atoms with Gasteiger partial charge in [0.15, 0.2) is 5.82 Å². The number of fused-ring (bicyclic) bond motifs is 1.